The molecular formula is C15H8F3N5O. The molecule has 0 aliphatic heterocycles. The van der Waals surface area contributed by atoms with Crippen molar-refractivity contribution in [2.75, 3.05) is 0 Å². The van der Waals surface area contributed by atoms with E-state index < -0.39 is 17.7 Å². The maximum atomic E-state index is 12.6. The average molecular weight is 331 g/mol. The fourth-order valence-electron chi connectivity index (χ4n) is 2.56. The number of nitrogens with one attached hydrogen (secondary N) is 1. The molecule has 0 saturated heterocycles. The summed E-state index contributed by atoms with van der Waals surface area (Å²) in [6.07, 6.45) is -1.19. The molecule has 0 aliphatic rings. The number of aromatic amines is 1. The molecule has 3 heterocycles. The third-order valence-electron chi connectivity index (χ3n) is 3.57. The predicted octanol–water partition coefficient (Wildman–Crippen LogP) is 2.68. The number of pyridine rings is 1. The van der Waals surface area contributed by atoms with E-state index in [1.54, 1.807) is 24.3 Å². The molecule has 1 aromatic carbocycles. The van der Waals surface area contributed by atoms with Crippen LogP contribution in [0.15, 0.2) is 47.7 Å². The number of fused-ring (bicyclic) bond motifs is 3. The summed E-state index contributed by atoms with van der Waals surface area (Å²) in [7, 11) is 0. The average Bonchev–Trinajstić information content (AvgIpc) is 2.90. The van der Waals surface area contributed by atoms with Crippen molar-refractivity contribution in [3.05, 3.63) is 59.2 Å². The number of imidazole rings is 1. The summed E-state index contributed by atoms with van der Waals surface area (Å²) >= 11 is 0. The Labute approximate surface area is 131 Å². The Morgan fingerprint density at radius 2 is 1.71 bits per heavy atom. The van der Waals surface area contributed by atoms with E-state index in [0.717, 1.165) is 12.4 Å². The van der Waals surface area contributed by atoms with Crippen molar-refractivity contribution in [1.82, 2.24) is 24.5 Å². The van der Waals surface area contributed by atoms with Gasteiger partial charge in [0.2, 0.25) is 5.82 Å². The van der Waals surface area contributed by atoms with Gasteiger partial charge in [-0.2, -0.15) is 13.2 Å². The zero-order valence-corrected chi connectivity index (χ0v) is 11.9. The van der Waals surface area contributed by atoms with Crippen LogP contribution >= 0.6 is 0 Å². The number of aromatic nitrogens is 5. The van der Waals surface area contributed by atoms with Crippen LogP contribution in [0.2, 0.25) is 0 Å². The van der Waals surface area contributed by atoms with Gasteiger partial charge in [0, 0.05) is 5.39 Å². The monoisotopic (exact) mass is 331 g/mol. The molecule has 24 heavy (non-hydrogen) atoms. The molecule has 4 rings (SSSR count). The van der Waals surface area contributed by atoms with E-state index in [-0.39, 0.29) is 5.69 Å². The molecule has 0 bridgehead atoms. The third-order valence-corrected chi connectivity index (χ3v) is 3.57. The largest absolute Gasteiger partial charge is 0.451 e. The maximum Gasteiger partial charge on any atom is 0.451 e. The SMILES string of the molecule is O=c1[nH]c2cnc3ccccc3c2n1-c1cnc(C(F)(F)F)nc1. The summed E-state index contributed by atoms with van der Waals surface area (Å²) in [5.41, 5.74) is 1.26. The van der Waals surface area contributed by atoms with Gasteiger partial charge >= 0.3 is 11.9 Å². The highest BCUT2D eigenvalue weighted by molar-refractivity contribution is 6.02. The fraction of sp³-hybridized carbons (Fsp3) is 0.0667. The van der Waals surface area contributed by atoms with Crippen LogP contribution in [0.25, 0.3) is 27.6 Å². The van der Waals surface area contributed by atoms with Crippen molar-refractivity contribution in [2.45, 2.75) is 6.18 Å². The molecule has 0 saturated carbocycles. The molecule has 0 aliphatic carbocycles. The van der Waals surface area contributed by atoms with Gasteiger partial charge in [-0.1, -0.05) is 18.2 Å². The van der Waals surface area contributed by atoms with Crippen LogP contribution in [-0.4, -0.2) is 24.5 Å². The number of alkyl halides is 3. The molecule has 1 N–H and O–H groups in total. The normalized spacial score (nSPS) is 12.1. The van der Waals surface area contributed by atoms with Crippen LogP contribution in [0.4, 0.5) is 13.2 Å². The molecule has 9 heteroatoms. The number of hydrogen-bond acceptors (Lipinski definition) is 4. The first-order valence-corrected chi connectivity index (χ1v) is 6.83. The summed E-state index contributed by atoms with van der Waals surface area (Å²) in [6.45, 7) is 0. The minimum atomic E-state index is -4.64. The molecule has 120 valence electrons. The van der Waals surface area contributed by atoms with Crippen LogP contribution in [-0.2, 0) is 6.18 Å². The second-order valence-corrected chi connectivity index (χ2v) is 5.07. The number of halogens is 3. The minimum Gasteiger partial charge on any atom is -0.304 e. The molecule has 0 amide bonds. The van der Waals surface area contributed by atoms with Crippen molar-refractivity contribution < 1.29 is 13.2 Å². The molecule has 3 aromatic heterocycles. The van der Waals surface area contributed by atoms with Crippen LogP contribution < -0.4 is 5.69 Å². The molecule has 0 radical (unpaired) electrons. The fourth-order valence-corrected chi connectivity index (χ4v) is 2.56. The van der Waals surface area contributed by atoms with E-state index in [2.05, 4.69) is 19.9 Å². The lowest BCUT2D eigenvalue weighted by atomic mass is 10.2. The zero-order chi connectivity index (χ0) is 16.9. The van der Waals surface area contributed by atoms with E-state index in [1.165, 1.54) is 10.8 Å². The smallest absolute Gasteiger partial charge is 0.304 e. The van der Waals surface area contributed by atoms with Crippen LogP contribution in [0.3, 0.4) is 0 Å². The van der Waals surface area contributed by atoms with Crippen LogP contribution in [0.5, 0.6) is 0 Å². The van der Waals surface area contributed by atoms with Crippen molar-refractivity contribution in [2.24, 2.45) is 0 Å². The Morgan fingerprint density at radius 1 is 1.00 bits per heavy atom. The number of rotatable bonds is 1. The van der Waals surface area contributed by atoms with Gasteiger partial charge in [0.15, 0.2) is 0 Å². The Hall–Kier alpha value is -3.23. The first-order valence-electron chi connectivity index (χ1n) is 6.83. The molecule has 6 nitrogen and oxygen atoms in total. The summed E-state index contributed by atoms with van der Waals surface area (Å²) < 4.78 is 39.0. The van der Waals surface area contributed by atoms with Gasteiger partial charge in [-0.25, -0.2) is 14.8 Å². The van der Waals surface area contributed by atoms with Crippen molar-refractivity contribution >= 4 is 21.9 Å². The van der Waals surface area contributed by atoms with E-state index >= 15 is 0 Å². The third kappa shape index (κ3) is 2.13. The van der Waals surface area contributed by atoms with E-state index in [9.17, 15) is 18.0 Å². The highest BCUT2D eigenvalue weighted by Crippen LogP contribution is 2.27. The molecule has 4 aromatic rings. The summed E-state index contributed by atoms with van der Waals surface area (Å²) in [4.78, 5) is 25.8. The van der Waals surface area contributed by atoms with Gasteiger partial charge in [0.05, 0.1) is 40.8 Å². The van der Waals surface area contributed by atoms with Crippen molar-refractivity contribution in [1.29, 1.82) is 0 Å². The molecule has 0 atom stereocenters. The number of hydrogen-bond donors (Lipinski definition) is 1. The lowest BCUT2D eigenvalue weighted by Gasteiger charge is -2.07. The first kappa shape index (κ1) is 14.4. The number of benzene rings is 1. The number of nitrogens with zero attached hydrogens (tertiary/aromatic N) is 4. The summed E-state index contributed by atoms with van der Waals surface area (Å²) in [5.74, 6) is -1.26. The second kappa shape index (κ2) is 4.88. The van der Waals surface area contributed by atoms with Crippen LogP contribution in [0.1, 0.15) is 5.82 Å². The Morgan fingerprint density at radius 3 is 2.42 bits per heavy atom. The molecule has 0 unspecified atom stereocenters. The molecule has 0 fully saturated rings. The zero-order valence-electron chi connectivity index (χ0n) is 11.9. The standard InChI is InChI=1S/C15H8F3N5O/c16-15(17,18)13-20-5-8(6-21-13)23-12-9-3-1-2-4-10(9)19-7-11(12)22-14(23)24/h1-7H,(H,22,24). The maximum absolute atomic E-state index is 12.6. The van der Waals surface area contributed by atoms with Gasteiger partial charge in [0.1, 0.15) is 0 Å². The highest BCUT2D eigenvalue weighted by atomic mass is 19.4. The van der Waals surface area contributed by atoms with Crippen LogP contribution in [0, 0.1) is 0 Å². The molecular weight excluding hydrogens is 323 g/mol. The van der Waals surface area contributed by atoms with Crippen molar-refractivity contribution in [3.8, 4) is 5.69 Å². The van der Waals surface area contributed by atoms with E-state index in [0.29, 0.717) is 21.9 Å². The van der Waals surface area contributed by atoms with Gasteiger partial charge in [0.25, 0.3) is 0 Å². The van der Waals surface area contributed by atoms with Crippen molar-refractivity contribution in [3.63, 3.8) is 0 Å². The van der Waals surface area contributed by atoms with Gasteiger partial charge < -0.3 is 4.98 Å². The van der Waals surface area contributed by atoms with Gasteiger partial charge in [-0.15, -0.1) is 0 Å². The summed E-state index contributed by atoms with van der Waals surface area (Å²) in [6, 6.07) is 7.14. The Kier molecular flexibility index (Phi) is 2.92. The molecule has 0 spiro atoms. The minimum absolute atomic E-state index is 0.135. The Bertz CT molecular complexity index is 1110. The predicted molar refractivity (Wildman–Crippen MR) is 79.8 cm³/mol. The summed E-state index contributed by atoms with van der Waals surface area (Å²) in [5, 5.41) is 0.688. The lowest BCUT2D eigenvalue weighted by molar-refractivity contribution is -0.145. The van der Waals surface area contributed by atoms with E-state index in [1.807, 2.05) is 0 Å². The number of H-pyrrole nitrogens is 1. The quantitative estimate of drug-likeness (QED) is 0.582. The Balaban J connectivity index is 2.01. The highest BCUT2D eigenvalue weighted by Gasteiger charge is 2.34. The number of para-hydroxylation sites is 1. The topological polar surface area (TPSA) is 76.5 Å². The van der Waals surface area contributed by atoms with Gasteiger partial charge in [-0.05, 0) is 6.07 Å². The lowest BCUT2D eigenvalue weighted by Crippen LogP contribution is -2.17. The van der Waals surface area contributed by atoms with E-state index in [4.69, 9.17) is 0 Å². The second-order valence-electron chi connectivity index (χ2n) is 5.07. The van der Waals surface area contributed by atoms with Gasteiger partial charge in [-0.3, -0.25) is 9.55 Å². The first-order chi connectivity index (χ1) is 11.4.